The van der Waals surface area contributed by atoms with Crippen LogP contribution in [0.5, 0.6) is 0 Å². The van der Waals surface area contributed by atoms with Gasteiger partial charge in [0.2, 0.25) is 0 Å². The summed E-state index contributed by atoms with van der Waals surface area (Å²) in [6.45, 7) is 3.69. The van der Waals surface area contributed by atoms with Gasteiger partial charge < -0.3 is 0 Å². The zero-order chi connectivity index (χ0) is 4.99. The van der Waals surface area contributed by atoms with Crippen LogP contribution < -0.4 is 0 Å². The molecule has 2 heteroatoms. The molecule has 0 saturated heterocycles. The van der Waals surface area contributed by atoms with Crippen molar-refractivity contribution < 1.29 is 0 Å². The molecule has 0 unspecified atom stereocenters. The number of allylic oxidation sites excluding steroid dienone is 1. The van der Waals surface area contributed by atoms with Gasteiger partial charge in [-0.2, -0.15) is 0 Å². The summed E-state index contributed by atoms with van der Waals surface area (Å²) in [5.74, 6) is 0.642. The maximum Gasteiger partial charge on any atom is 0.0427 e. The summed E-state index contributed by atoms with van der Waals surface area (Å²) in [7, 11) is 1.20. The number of alkyl halides is 1. The Morgan fingerprint density at radius 3 is 2.33 bits per heavy atom. The van der Waals surface area contributed by atoms with Gasteiger partial charge in [0.25, 0.3) is 0 Å². The lowest BCUT2D eigenvalue weighted by molar-refractivity contribution is 1.42. The molecule has 0 atom stereocenters. The maximum absolute atomic E-state index is 5.37. The number of hydrogen-bond donors (Lipinski definition) is 0. The van der Waals surface area contributed by atoms with Crippen LogP contribution >= 0.6 is 11.6 Å². The van der Waals surface area contributed by atoms with E-state index in [0.717, 1.165) is 6.04 Å². The highest BCUT2D eigenvalue weighted by Gasteiger charge is 1.80. The molecule has 0 heterocycles. The van der Waals surface area contributed by atoms with E-state index in [4.69, 9.17) is 11.6 Å². The van der Waals surface area contributed by atoms with Crippen LogP contribution in [0.1, 0.15) is 0 Å². The van der Waals surface area contributed by atoms with Gasteiger partial charge in [0, 0.05) is 16.1 Å². The molecule has 0 amide bonds. The fourth-order valence-corrected chi connectivity index (χ4v) is 0.850. The average Bonchev–Trinajstić information content (AvgIpc) is 1.65. The summed E-state index contributed by atoms with van der Waals surface area (Å²) in [5.41, 5.74) is 1.17. The van der Waals surface area contributed by atoms with Crippen molar-refractivity contribution in [3.05, 3.63) is 12.2 Å². The molecule has 0 N–H and O–H groups in total. The Morgan fingerprint density at radius 2 is 2.33 bits per heavy atom. The molecule has 0 nitrogen and oxygen atoms in total. The van der Waals surface area contributed by atoms with E-state index in [1.807, 2.05) is 0 Å². The quantitative estimate of drug-likeness (QED) is 0.284. The second-order valence-corrected chi connectivity index (χ2v) is 2.21. The van der Waals surface area contributed by atoms with Crippen LogP contribution in [0.25, 0.3) is 0 Å². The molecule has 0 bridgehead atoms. The molecule has 6 heavy (non-hydrogen) atoms. The van der Waals surface area contributed by atoms with E-state index in [2.05, 4.69) is 6.58 Å². The minimum Gasteiger partial charge on any atom is -0.122 e. The van der Waals surface area contributed by atoms with E-state index >= 15 is 0 Å². The van der Waals surface area contributed by atoms with Crippen molar-refractivity contribution in [2.75, 3.05) is 5.88 Å². The third kappa shape index (κ3) is 2.48. The average molecular weight is 121 g/mol. The second-order valence-electron chi connectivity index (χ2n) is 1.24. The minimum atomic E-state index is 0.642. The highest BCUT2D eigenvalue weighted by Crippen LogP contribution is 1.95. The fourth-order valence-electron chi connectivity index (χ4n) is 0.0945. The van der Waals surface area contributed by atoms with Crippen molar-refractivity contribution in [1.82, 2.24) is 0 Å². The van der Waals surface area contributed by atoms with E-state index in [-0.39, 0.29) is 0 Å². The van der Waals surface area contributed by atoms with Gasteiger partial charge in [0.15, 0.2) is 0 Å². The van der Waals surface area contributed by atoms with E-state index < -0.39 is 0 Å². The SMILES string of the molecule is C=C(C[SiH3])CCl. The van der Waals surface area contributed by atoms with Gasteiger partial charge >= 0.3 is 0 Å². The molecule has 0 aliphatic rings. The first kappa shape index (κ1) is 6.25. The van der Waals surface area contributed by atoms with Crippen LogP contribution in [0, 0.1) is 0 Å². The Kier molecular flexibility index (Phi) is 3.58. The Labute approximate surface area is 46.6 Å². The van der Waals surface area contributed by atoms with E-state index in [1.54, 1.807) is 0 Å². The molecule has 0 aromatic rings. The lowest BCUT2D eigenvalue weighted by Gasteiger charge is -1.87. The zero-order valence-corrected chi connectivity index (χ0v) is 6.76. The minimum absolute atomic E-state index is 0.642. The first-order valence-corrected chi connectivity index (χ1v) is 3.98. The Morgan fingerprint density at radius 1 is 1.83 bits per heavy atom. The molecule has 0 fully saturated rings. The summed E-state index contributed by atoms with van der Waals surface area (Å²) in [6.07, 6.45) is 0. The van der Waals surface area contributed by atoms with Crippen molar-refractivity contribution >= 4 is 21.8 Å². The molecular formula is C4H9ClSi. The molecule has 0 aromatic heterocycles. The first-order chi connectivity index (χ1) is 2.81. The molecule has 0 aromatic carbocycles. The monoisotopic (exact) mass is 120 g/mol. The van der Waals surface area contributed by atoms with Crippen molar-refractivity contribution in [2.24, 2.45) is 0 Å². The largest absolute Gasteiger partial charge is 0.122 e. The molecule has 0 radical (unpaired) electrons. The van der Waals surface area contributed by atoms with Gasteiger partial charge in [-0.05, 0) is 6.04 Å². The van der Waals surface area contributed by atoms with Crippen LogP contribution in [-0.4, -0.2) is 16.1 Å². The first-order valence-electron chi connectivity index (χ1n) is 2.04. The standard InChI is InChI=1S/C4H9ClSi/c1-4(2-5)3-6/h1-3H2,6H3. The normalized spacial score (nSPS) is 8.83. The molecular weight excluding hydrogens is 112 g/mol. The Bertz CT molecular complexity index is 45.5. The number of hydrogen-bond acceptors (Lipinski definition) is 0. The summed E-state index contributed by atoms with van der Waals surface area (Å²) < 4.78 is 0. The summed E-state index contributed by atoms with van der Waals surface area (Å²) in [5, 5.41) is 0. The van der Waals surface area contributed by atoms with E-state index in [1.165, 1.54) is 15.8 Å². The second kappa shape index (κ2) is 3.44. The number of halogens is 1. The molecule has 36 valence electrons. The lowest BCUT2D eigenvalue weighted by atomic mass is 10.4. The number of rotatable bonds is 2. The van der Waals surface area contributed by atoms with Crippen LogP contribution in [0.3, 0.4) is 0 Å². The molecule has 0 spiro atoms. The van der Waals surface area contributed by atoms with Crippen LogP contribution in [0.4, 0.5) is 0 Å². The van der Waals surface area contributed by atoms with Gasteiger partial charge in [-0.1, -0.05) is 12.2 Å². The van der Waals surface area contributed by atoms with Crippen molar-refractivity contribution in [1.29, 1.82) is 0 Å². The van der Waals surface area contributed by atoms with Crippen molar-refractivity contribution in [3.8, 4) is 0 Å². The Balaban J connectivity index is 2.99. The predicted octanol–water partition coefficient (Wildman–Crippen LogP) is 0.565. The van der Waals surface area contributed by atoms with Crippen molar-refractivity contribution in [3.63, 3.8) is 0 Å². The zero-order valence-electron chi connectivity index (χ0n) is 4.00. The molecule has 0 saturated carbocycles. The van der Waals surface area contributed by atoms with Gasteiger partial charge in [0.1, 0.15) is 0 Å². The van der Waals surface area contributed by atoms with Crippen LogP contribution in [0.15, 0.2) is 12.2 Å². The Hall–Kier alpha value is 0.247. The fraction of sp³-hybridized carbons (Fsp3) is 0.500. The molecule has 0 aliphatic carbocycles. The van der Waals surface area contributed by atoms with Crippen LogP contribution in [-0.2, 0) is 0 Å². The topological polar surface area (TPSA) is 0 Å². The predicted molar refractivity (Wildman–Crippen MR) is 34.6 cm³/mol. The highest BCUT2D eigenvalue weighted by molar-refractivity contribution is 6.20. The third-order valence-corrected chi connectivity index (χ3v) is 2.07. The summed E-state index contributed by atoms with van der Waals surface area (Å²) in [4.78, 5) is 0. The summed E-state index contributed by atoms with van der Waals surface area (Å²) in [6, 6.07) is 1.14. The highest BCUT2D eigenvalue weighted by atomic mass is 35.5. The molecule has 0 rings (SSSR count). The summed E-state index contributed by atoms with van der Waals surface area (Å²) >= 11 is 5.37. The van der Waals surface area contributed by atoms with E-state index in [0.29, 0.717) is 5.88 Å². The smallest absolute Gasteiger partial charge is 0.0427 e. The van der Waals surface area contributed by atoms with Crippen LogP contribution in [0.2, 0.25) is 6.04 Å². The molecule has 0 aliphatic heterocycles. The lowest BCUT2D eigenvalue weighted by Crippen LogP contribution is -1.76. The van der Waals surface area contributed by atoms with E-state index in [9.17, 15) is 0 Å². The third-order valence-electron chi connectivity index (χ3n) is 0.689. The maximum atomic E-state index is 5.37. The van der Waals surface area contributed by atoms with Gasteiger partial charge in [-0.25, -0.2) is 0 Å². The van der Waals surface area contributed by atoms with Crippen molar-refractivity contribution in [2.45, 2.75) is 6.04 Å². The van der Waals surface area contributed by atoms with Gasteiger partial charge in [-0.15, -0.1) is 11.6 Å². The van der Waals surface area contributed by atoms with Gasteiger partial charge in [-0.3, -0.25) is 0 Å². The van der Waals surface area contributed by atoms with Gasteiger partial charge in [0.05, 0.1) is 0 Å².